The molecule has 0 N–H and O–H groups in total. The molecule has 0 aromatic heterocycles. The van der Waals surface area contributed by atoms with E-state index in [4.69, 9.17) is 9.47 Å². The number of nitrogens with zero attached hydrogens (tertiary/aromatic N) is 1. The van der Waals surface area contributed by atoms with Gasteiger partial charge < -0.3 is 14.4 Å². The molecule has 2 aromatic carbocycles. The second-order valence-electron chi connectivity index (χ2n) is 6.33. The van der Waals surface area contributed by atoms with Crippen LogP contribution in [-0.2, 0) is 9.47 Å². The van der Waals surface area contributed by atoms with Gasteiger partial charge in [-0.2, -0.15) is 0 Å². The predicted molar refractivity (Wildman–Crippen MR) is 104 cm³/mol. The predicted octanol–water partition coefficient (Wildman–Crippen LogP) is 2.01. The molecule has 0 fully saturated rings. The third kappa shape index (κ3) is 5.01. The van der Waals surface area contributed by atoms with E-state index in [9.17, 15) is 0 Å². The molecule has 2 aromatic rings. The summed E-state index contributed by atoms with van der Waals surface area (Å²) in [7, 11) is 1.68. The van der Waals surface area contributed by atoms with E-state index in [1.807, 2.05) is 0 Å². The Morgan fingerprint density at radius 1 is 0.750 bits per heavy atom. The third-order valence-corrected chi connectivity index (χ3v) is 8.88. The van der Waals surface area contributed by atoms with Crippen molar-refractivity contribution in [1.82, 2.24) is 4.90 Å². The van der Waals surface area contributed by atoms with E-state index in [-0.39, 0.29) is 0 Å². The first-order valence-corrected chi connectivity index (χ1v) is 11.2. The Morgan fingerprint density at radius 3 is 1.54 bits per heavy atom. The molecule has 0 unspecified atom stereocenters. The molecule has 0 aliphatic rings. The van der Waals surface area contributed by atoms with Gasteiger partial charge in [-0.3, -0.25) is 0 Å². The molecular weight excluding hydrogens is 314 g/mol. The maximum atomic E-state index is 5.31. The van der Waals surface area contributed by atoms with Gasteiger partial charge in [0.25, 0.3) is 0 Å². The SMILES string of the molecule is COCCN(CCOC)C[Si](C)(c1ccccc1)c1ccccc1. The lowest BCUT2D eigenvalue weighted by Gasteiger charge is -2.35. The quantitative estimate of drug-likeness (QED) is 0.616. The first-order valence-electron chi connectivity index (χ1n) is 8.52. The zero-order valence-corrected chi connectivity index (χ0v) is 16.1. The summed E-state index contributed by atoms with van der Waals surface area (Å²) >= 11 is 0. The average molecular weight is 344 g/mol. The second-order valence-corrected chi connectivity index (χ2v) is 10.5. The highest BCUT2D eigenvalue weighted by Crippen LogP contribution is 2.09. The highest BCUT2D eigenvalue weighted by molar-refractivity contribution is 7.01. The van der Waals surface area contributed by atoms with Gasteiger partial charge in [-0.15, -0.1) is 0 Å². The number of ether oxygens (including phenoxy) is 2. The number of rotatable bonds is 10. The van der Waals surface area contributed by atoms with E-state index in [0.29, 0.717) is 0 Å². The summed E-state index contributed by atoms with van der Waals surface area (Å²) in [4.78, 5) is 2.49. The maximum Gasteiger partial charge on any atom is 0.128 e. The van der Waals surface area contributed by atoms with Gasteiger partial charge in [-0.25, -0.2) is 0 Å². The molecule has 4 heteroatoms. The van der Waals surface area contributed by atoms with Crippen molar-refractivity contribution in [1.29, 1.82) is 0 Å². The van der Waals surface area contributed by atoms with Gasteiger partial charge in [0.2, 0.25) is 0 Å². The normalized spacial score (nSPS) is 11.8. The van der Waals surface area contributed by atoms with E-state index < -0.39 is 8.07 Å². The average Bonchev–Trinajstić information content (AvgIpc) is 2.65. The van der Waals surface area contributed by atoms with E-state index in [1.165, 1.54) is 10.4 Å². The Bertz CT molecular complexity index is 529. The smallest absolute Gasteiger partial charge is 0.128 e. The molecule has 0 spiro atoms. The Hall–Kier alpha value is -1.46. The first-order chi connectivity index (χ1) is 11.7. The minimum absolute atomic E-state index is 0.748. The number of hydrogen-bond donors (Lipinski definition) is 0. The first kappa shape index (κ1) is 18.9. The third-order valence-electron chi connectivity index (χ3n) is 4.58. The summed E-state index contributed by atoms with van der Waals surface area (Å²) in [6, 6.07) is 21.9. The Kier molecular flexibility index (Phi) is 7.66. The highest BCUT2D eigenvalue weighted by atomic mass is 28.3. The molecule has 0 aliphatic heterocycles. The number of benzene rings is 2. The fourth-order valence-corrected chi connectivity index (χ4v) is 6.88. The van der Waals surface area contributed by atoms with Gasteiger partial charge in [-0.1, -0.05) is 77.6 Å². The monoisotopic (exact) mass is 343 g/mol. The highest BCUT2D eigenvalue weighted by Gasteiger charge is 2.33. The lowest BCUT2D eigenvalue weighted by molar-refractivity contribution is 0.123. The van der Waals surface area contributed by atoms with Crippen molar-refractivity contribution in [2.24, 2.45) is 0 Å². The van der Waals surface area contributed by atoms with E-state index >= 15 is 0 Å². The van der Waals surface area contributed by atoms with Crippen LogP contribution in [0.25, 0.3) is 0 Å². The number of hydrogen-bond acceptors (Lipinski definition) is 3. The molecule has 0 atom stereocenters. The van der Waals surface area contributed by atoms with Gasteiger partial charge in [0.05, 0.1) is 13.2 Å². The molecule has 0 saturated carbocycles. The van der Waals surface area contributed by atoms with Crippen LogP contribution in [0, 0.1) is 0 Å². The zero-order chi connectivity index (χ0) is 17.3. The number of methoxy groups -OCH3 is 2. The van der Waals surface area contributed by atoms with Crippen LogP contribution in [0.15, 0.2) is 60.7 Å². The molecule has 2 rings (SSSR count). The van der Waals surface area contributed by atoms with E-state index in [2.05, 4.69) is 72.1 Å². The van der Waals surface area contributed by atoms with E-state index in [1.54, 1.807) is 14.2 Å². The largest absolute Gasteiger partial charge is 0.383 e. The summed E-state index contributed by atoms with van der Waals surface area (Å²) in [5, 5.41) is 2.94. The molecule has 0 saturated heterocycles. The van der Waals surface area contributed by atoms with Gasteiger partial charge in [0.1, 0.15) is 8.07 Å². The van der Waals surface area contributed by atoms with Gasteiger partial charge in [0.15, 0.2) is 0 Å². The van der Waals surface area contributed by atoms with Crippen molar-refractivity contribution in [3.05, 3.63) is 60.7 Å². The minimum atomic E-state index is -1.85. The summed E-state index contributed by atoms with van der Waals surface area (Å²) in [5.74, 6) is 0. The summed E-state index contributed by atoms with van der Waals surface area (Å²) in [5.41, 5.74) is 0. The fourth-order valence-electron chi connectivity index (χ4n) is 3.12. The van der Waals surface area contributed by atoms with Crippen molar-refractivity contribution in [2.45, 2.75) is 6.55 Å². The molecule has 0 heterocycles. The van der Waals surface area contributed by atoms with Crippen LogP contribution < -0.4 is 10.4 Å². The van der Waals surface area contributed by atoms with Crippen LogP contribution in [0.4, 0.5) is 0 Å². The van der Waals surface area contributed by atoms with Crippen LogP contribution in [0.1, 0.15) is 0 Å². The molecule has 0 bridgehead atoms. The summed E-state index contributed by atoms with van der Waals surface area (Å²) in [6.45, 7) is 5.82. The molecule has 0 aliphatic carbocycles. The summed E-state index contributed by atoms with van der Waals surface area (Å²) < 4.78 is 10.6. The lowest BCUT2D eigenvalue weighted by atomic mass is 10.4. The Labute approximate surface area is 147 Å². The summed E-state index contributed by atoms with van der Waals surface area (Å²) in [6.07, 6.45) is 1.06. The van der Waals surface area contributed by atoms with Gasteiger partial charge in [0, 0.05) is 33.5 Å². The van der Waals surface area contributed by atoms with Crippen LogP contribution >= 0.6 is 0 Å². The van der Waals surface area contributed by atoms with Crippen molar-refractivity contribution in [3.8, 4) is 0 Å². The standard InChI is InChI=1S/C20H29NO2Si/c1-22-16-14-21(15-17-23-2)18-24(3,19-10-6-4-7-11-19)20-12-8-5-9-13-20/h4-13H,14-18H2,1-3H3. The molecule has 0 radical (unpaired) electrons. The van der Waals surface area contributed by atoms with Crippen LogP contribution in [0.2, 0.25) is 6.55 Å². The minimum Gasteiger partial charge on any atom is -0.383 e. The lowest BCUT2D eigenvalue weighted by Crippen LogP contribution is -2.63. The Balaban J connectivity index is 2.31. The molecule has 24 heavy (non-hydrogen) atoms. The second kappa shape index (κ2) is 9.74. The van der Waals surface area contributed by atoms with Crippen LogP contribution in [-0.4, -0.2) is 59.7 Å². The van der Waals surface area contributed by atoms with Gasteiger partial charge in [-0.05, 0) is 0 Å². The molecule has 3 nitrogen and oxygen atoms in total. The maximum absolute atomic E-state index is 5.31. The fraction of sp³-hybridized carbons (Fsp3) is 0.400. The molecular formula is C20H29NO2Si. The Morgan fingerprint density at radius 2 is 1.17 bits per heavy atom. The zero-order valence-electron chi connectivity index (χ0n) is 15.1. The van der Waals surface area contributed by atoms with Gasteiger partial charge >= 0.3 is 0 Å². The topological polar surface area (TPSA) is 21.7 Å². The van der Waals surface area contributed by atoms with E-state index in [0.717, 1.165) is 32.5 Å². The molecule has 130 valence electrons. The molecule has 0 amide bonds. The van der Waals surface area contributed by atoms with Crippen molar-refractivity contribution in [2.75, 3.05) is 46.7 Å². The van der Waals surface area contributed by atoms with Crippen molar-refractivity contribution < 1.29 is 9.47 Å². The van der Waals surface area contributed by atoms with Crippen molar-refractivity contribution in [3.63, 3.8) is 0 Å². The van der Waals surface area contributed by atoms with Crippen molar-refractivity contribution >= 4 is 18.4 Å². The van der Waals surface area contributed by atoms with Crippen LogP contribution in [0.5, 0.6) is 0 Å². The van der Waals surface area contributed by atoms with Crippen LogP contribution in [0.3, 0.4) is 0 Å².